The molecule has 0 bridgehead atoms. The van der Waals surface area contributed by atoms with Gasteiger partial charge in [-0.1, -0.05) is 6.42 Å². The number of aromatic nitrogens is 2. The molecule has 1 saturated carbocycles. The van der Waals surface area contributed by atoms with Crippen LogP contribution in [0.5, 0.6) is 0 Å². The van der Waals surface area contributed by atoms with Gasteiger partial charge < -0.3 is 5.73 Å². The van der Waals surface area contributed by atoms with Gasteiger partial charge in [0.05, 0.1) is 6.20 Å². The highest BCUT2D eigenvalue weighted by molar-refractivity contribution is 5.04. The molecule has 0 amide bonds. The molecular formula is C11H19N3. The zero-order valence-electron chi connectivity index (χ0n) is 8.82. The van der Waals surface area contributed by atoms with Crippen molar-refractivity contribution < 1.29 is 0 Å². The van der Waals surface area contributed by atoms with Gasteiger partial charge in [-0.05, 0) is 37.2 Å². The van der Waals surface area contributed by atoms with Crippen molar-refractivity contribution in [2.75, 3.05) is 0 Å². The molecule has 1 atom stereocenters. The molecule has 0 spiro atoms. The SMILES string of the molecule is Cn1cc(CCC(N)C2CCC2)cn1. The second-order valence-corrected chi connectivity index (χ2v) is 4.42. The van der Waals surface area contributed by atoms with Crippen LogP contribution in [0, 0.1) is 5.92 Å². The maximum Gasteiger partial charge on any atom is 0.0521 e. The van der Waals surface area contributed by atoms with Crippen LogP contribution in [0.3, 0.4) is 0 Å². The van der Waals surface area contributed by atoms with E-state index in [1.807, 2.05) is 17.9 Å². The lowest BCUT2D eigenvalue weighted by Gasteiger charge is -2.31. The Hall–Kier alpha value is -0.830. The summed E-state index contributed by atoms with van der Waals surface area (Å²) in [6.07, 6.45) is 10.3. The molecule has 1 unspecified atom stereocenters. The molecule has 1 heterocycles. The van der Waals surface area contributed by atoms with Crippen LogP contribution in [-0.4, -0.2) is 15.8 Å². The first-order valence-corrected chi connectivity index (χ1v) is 5.49. The summed E-state index contributed by atoms with van der Waals surface area (Å²) >= 11 is 0. The second-order valence-electron chi connectivity index (χ2n) is 4.42. The third kappa shape index (κ3) is 2.15. The van der Waals surface area contributed by atoms with E-state index in [2.05, 4.69) is 11.3 Å². The van der Waals surface area contributed by atoms with Crippen LogP contribution < -0.4 is 5.73 Å². The van der Waals surface area contributed by atoms with Gasteiger partial charge in [-0.2, -0.15) is 5.10 Å². The zero-order valence-corrected chi connectivity index (χ0v) is 8.82. The summed E-state index contributed by atoms with van der Waals surface area (Å²) in [5.74, 6) is 0.798. The van der Waals surface area contributed by atoms with Gasteiger partial charge in [0, 0.05) is 19.3 Å². The third-order valence-corrected chi connectivity index (χ3v) is 3.28. The van der Waals surface area contributed by atoms with E-state index in [0.29, 0.717) is 6.04 Å². The monoisotopic (exact) mass is 193 g/mol. The van der Waals surface area contributed by atoms with Crippen molar-refractivity contribution in [3.05, 3.63) is 18.0 Å². The Morgan fingerprint density at radius 3 is 2.93 bits per heavy atom. The van der Waals surface area contributed by atoms with E-state index >= 15 is 0 Å². The summed E-state index contributed by atoms with van der Waals surface area (Å²) in [6.45, 7) is 0. The van der Waals surface area contributed by atoms with E-state index in [9.17, 15) is 0 Å². The van der Waals surface area contributed by atoms with Crippen molar-refractivity contribution in [1.82, 2.24) is 9.78 Å². The molecule has 1 aliphatic rings. The minimum atomic E-state index is 0.406. The number of hydrogen-bond donors (Lipinski definition) is 1. The molecule has 1 fully saturated rings. The Labute approximate surface area is 85.3 Å². The average molecular weight is 193 g/mol. The van der Waals surface area contributed by atoms with E-state index in [-0.39, 0.29) is 0 Å². The molecule has 0 radical (unpaired) electrons. The summed E-state index contributed by atoms with van der Waals surface area (Å²) in [5.41, 5.74) is 7.41. The van der Waals surface area contributed by atoms with Gasteiger partial charge in [0.2, 0.25) is 0 Å². The van der Waals surface area contributed by atoms with Gasteiger partial charge in [0.1, 0.15) is 0 Å². The second kappa shape index (κ2) is 4.13. The number of hydrogen-bond acceptors (Lipinski definition) is 2. The van der Waals surface area contributed by atoms with Crippen LogP contribution >= 0.6 is 0 Å². The highest BCUT2D eigenvalue weighted by Crippen LogP contribution is 2.30. The van der Waals surface area contributed by atoms with Crippen molar-refractivity contribution in [2.24, 2.45) is 18.7 Å². The van der Waals surface area contributed by atoms with E-state index in [0.717, 1.165) is 18.8 Å². The van der Waals surface area contributed by atoms with Crippen molar-refractivity contribution in [2.45, 2.75) is 38.1 Å². The zero-order chi connectivity index (χ0) is 9.97. The molecule has 2 N–H and O–H groups in total. The van der Waals surface area contributed by atoms with Crippen LogP contribution in [0.15, 0.2) is 12.4 Å². The Bertz CT molecular complexity index is 288. The molecule has 2 rings (SSSR count). The molecule has 3 heteroatoms. The van der Waals surface area contributed by atoms with E-state index in [4.69, 9.17) is 5.73 Å². The number of aryl methyl sites for hydroxylation is 2. The number of nitrogens with zero attached hydrogens (tertiary/aromatic N) is 2. The summed E-state index contributed by atoms with van der Waals surface area (Å²) in [5, 5.41) is 4.15. The first kappa shape index (κ1) is 9.71. The molecule has 1 aromatic rings. The normalized spacial score (nSPS) is 19.3. The van der Waals surface area contributed by atoms with E-state index in [1.165, 1.54) is 24.8 Å². The standard InChI is InChI=1S/C11H19N3/c1-14-8-9(7-13-14)5-6-11(12)10-3-2-4-10/h7-8,10-11H,2-6,12H2,1H3. The molecule has 3 nitrogen and oxygen atoms in total. The fraction of sp³-hybridized carbons (Fsp3) is 0.727. The predicted molar refractivity (Wildman–Crippen MR) is 56.8 cm³/mol. The molecule has 0 aliphatic heterocycles. The number of nitrogens with two attached hydrogens (primary N) is 1. The van der Waals surface area contributed by atoms with Crippen LogP contribution in [0.2, 0.25) is 0 Å². The third-order valence-electron chi connectivity index (χ3n) is 3.28. The minimum absolute atomic E-state index is 0.406. The first-order chi connectivity index (χ1) is 6.75. The summed E-state index contributed by atoms with van der Waals surface area (Å²) in [4.78, 5) is 0. The Morgan fingerprint density at radius 1 is 1.64 bits per heavy atom. The van der Waals surface area contributed by atoms with Crippen molar-refractivity contribution in [3.63, 3.8) is 0 Å². The van der Waals surface area contributed by atoms with Gasteiger partial charge in [-0.25, -0.2) is 0 Å². The largest absolute Gasteiger partial charge is 0.327 e. The van der Waals surface area contributed by atoms with Gasteiger partial charge in [-0.3, -0.25) is 4.68 Å². The molecule has 0 saturated heterocycles. The molecular weight excluding hydrogens is 174 g/mol. The smallest absolute Gasteiger partial charge is 0.0521 e. The summed E-state index contributed by atoms with van der Waals surface area (Å²) in [7, 11) is 1.95. The van der Waals surface area contributed by atoms with Crippen LogP contribution in [0.4, 0.5) is 0 Å². The van der Waals surface area contributed by atoms with Crippen molar-refractivity contribution in [1.29, 1.82) is 0 Å². The van der Waals surface area contributed by atoms with Crippen LogP contribution in [-0.2, 0) is 13.5 Å². The molecule has 1 aliphatic carbocycles. The highest BCUT2D eigenvalue weighted by Gasteiger charge is 2.23. The molecule has 14 heavy (non-hydrogen) atoms. The summed E-state index contributed by atoms with van der Waals surface area (Å²) < 4.78 is 1.85. The fourth-order valence-electron chi connectivity index (χ4n) is 2.04. The lowest BCUT2D eigenvalue weighted by atomic mass is 9.78. The molecule has 78 valence electrons. The minimum Gasteiger partial charge on any atom is -0.327 e. The lowest BCUT2D eigenvalue weighted by Crippen LogP contribution is -2.34. The van der Waals surface area contributed by atoms with E-state index in [1.54, 1.807) is 0 Å². The van der Waals surface area contributed by atoms with Gasteiger partial charge >= 0.3 is 0 Å². The number of rotatable bonds is 4. The highest BCUT2D eigenvalue weighted by atomic mass is 15.2. The maximum atomic E-state index is 6.11. The van der Waals surface area contributed by atoms with Crippen LogP contribution in [0.1, 0.15) is 31.2 Å². The van der Waals surface area contributed by atoms with Gasteiger partial charge in [0.25, 0.3) is 0 Å². The fourth-order valence-corrected chi connectivity index (χ4v) is 2.04. The summed E-state index contributed by atoms with van der Waals surface area (Å²) in [6, 6.07) is 0.406. The van der Waals surface area contributed by atoms with E-state index < -0.39 is 0 Å². The average Bonchev–Trinajstić information content (AvgIpc) is 2.45. The Balaban J connectivity index is 1.76. The van der Waals surface area contributed by atoms with Crippen LogP contribution in [0.25, 0.3) is 0 Å². The maximum absolute atomic E-state index is 6.11. The topological polar surface area (TPSA) is 43.8 Å². The lowest BCUT2D eigenvalue weighted by molar-refractivity contribution is 0.253. The Kier molecular flexibility index (Phi) is 2.87. The van der Waals surface area contributed by atoms with Crippen molar-refractivity contribution in [3.8, 4) is 0 Å². The quantitative estimate of drug-likeness (QED) is 0.787. The Morgan fingerprint density at radius 2 is 2.43 bits per heavy atom. The van der Waals surface area contributed by atoms with Crippen molar-refractivity contribution >= 4 is 0 Å². The predicted octanol–water partition coefficient (Wildman–Crippen LogP) is 1.48. The molecule has 1 aromatic heterocycles. The van der Waals surface area contributed by atoms with Gasteiger partial charge in [0.15, 0.2) is 0 Å². The molecule has 0 aromatic carbocycles. The first-order valence-electron chi connectivity index (χ1n) is 5.49. The van der Waals surface area contributed by atoms with Gasteiger partial charge in [-0.15, -0.1) is 0 Å².